The third kappa shape index (κ3) is 7.04. The van der Waals surface area contributed by atoms with Crippen LogP contribution in [0.4, 0.5) is 5.69 Å². The minimum atomic E-state index is -3.70. The monoisotopic (exact) mass is 667 g/mol. The van der Waals surface area contributed by atoms with Gasteiger partial charge in [-0.25, -0.2) is 8.42 Å². The summed E-state index contributed by atoms with van der Waals surface area (Å²) in [6, 6.07) is 31.9. The quantitative estimate of drug-likeness (QED) is 0.217. The van der Waals surface area contributed by atoms with Crippen molar-refractivity contribution in [2.75, 3.05) is 31.5 Å². The highest BCUT2D eigenvalue weighted by Crippen LogP contribution is 2.31. The Balaban J connectivity index is 1.21. The highest BCUT2D eigenvalue weighted by atomic mass is 79.9. The predicted molar refractivity (Wildman–Crippen MR) is 169 cm³/mol. The molecule has 7 nitrogen and oxygen atoms in total. The summed E-state index contributed by atoms with van der Waals surface area (Å²) in [6.07, 6.45) is -0.794. The second kappa shape index (κ2) is 13.4. The van der Waals surface area contributed by atoms with Crippen LogP contribution < -0.4 is 10.1 Å². The summed E-state index contributed by atoms with van der Waals surface area (Å²) < 4.78 is 34.9. The van der Waals surface area contributed by atoms with E-state index < -0.39 is 16.1 Å². The van der Waals surface area contributed by atoms with Crippen molar-refractivity contribution < 1.29 is 17.9 Å². The first-order valence-corrected chi connectivity index (χ1v) is 16.2. The van der Waals surface area contributed by atoms with Gasteiger partial charge in [0.1, 0.15) is 5.75 Å². The molecule has 1 fully saturated rings. The van der Waals surface area contributed by atoms with E-state index >= 15 is 0 Å². The van der Waals surface area contributed by atoms with Crippen LogP contribution in [0, 0.1) is 0 Å². The van der Waals surface area contributed by atoms with Crippen molar-refractivity contribution in [1.82, 2.24) is 9.21 Å². The fourth-order valence-corrected chi connectivity index (χ4v) is 7.20. The van der Waals surface area contributed by atoms with Crippen molar-refractivity contribution in [2.24, 2.45) is 0 Å². The molecule has 4 aromatic rings. The molecule has 1 aliphatic heterocycles. The average molecular weight is 669 g/mol. The van der Waals surface area contributed by atoms with Gasteiger partial charge >= 0.3 is 0 Å². The molecule has 0 saturated carbocycles. The van der Waals surface area contributed by atoms with Gasteiger partial charge in [-0.1, -0.05) is 72.3 Å². The first-order valence-electron chi connectivity index (χ1n) is 13.6. The molecule has 1 unspecified atom stereocenters. The smallest absolute Gasteiger partial charge is 0.265 e. The van der Waals surface area contributed by atoms with Crippen molar-refractivity contribution in [2.45, 2.75) is 24.0 Å². The number of carbonyl (C=O) groups is 1. The molecule has 1 atom stereocenters. The van der Waals surface area contributed by atoms with Crippen LogP contribution in [0.25, 0.3) is 0 Å². The van der Waals surface area contributed by atoms with Crippen molar-refractivity contribution in [3.8, 4) is 5.75 Å². The number of halogens is 2. The van der Waals surface area contributed by atoms with Gasteiger partial charge in [0.2, 0.25) is 10.0 Å². The van der Waals surface area contributed by atoms with Crippen LogP contribution in [0.3, 0.4) is 0 Å². The molecule has 0 bridgehead atoms. The fourth-order valence-electron chi connectivity index (χ4n) is 5.00. The lowest BCUT2D eigenvalue weighted by Crippen LogP contribution is -2.49. The number of hydrogen-bond acceptors (Lipinski definition) is 5. The van der Waals surface area contributed by atoms with Gasteiger partial charge in [0, 0.05) is 36.9 Å². The topological polar surface area (TPSA) is 78.9 Å². The molecule has 4 aromatic carbocycles. The Morgan fingerprint density at radius 2 is 1.43 bits per heavy atom. The zero-order valence-electron chi connectivity index (χ0n) is 23.0. The number of piperazine rings is 1. The van der Waals surface area contributed by atoms with E-state index in [1.54, 1.807) is 37.3 Å². The molecule has 1 heterocycles. The van der Waals surface area contributed by atoms with Crippen LogP contribution >= 0.6 is 27.5 Å². The maximum atomic E-state index is 13.5. The number of anilines is 1. The number of sulfonamides is 1. The molecule has 10 heteroatoms. The largest absolute Gasteiger partial charge is 0.480 e. The Bertz CT molecular complexity index is 1580. The number of hydrogen-bond donors (Lipinski definition) is 1. The molecule has 0 spiro atoms. The number of nitrogens with zero attached hydrogens (tertiary/aromatic N) is 2. The lowest BCUT2D eigenvalue weighted by Gasteiger charge is -2.39. The third-order valence-electron chi connectivity index (χ3n) is 7.20. The normalized spacial score (nSPS) is 15.3. The van der Waals surface area contributed by atoms with Gasteiger partial charge in [-0.05, 0) is 76.4 Å². The van der Waals surface area contributed by atoms with Gasteiger partial charge < -0.3 is 10.1 Å². The third-order valence-corrected chi connectivity index (χ3v) is 9.96. The molecule has 1 aliphatic rings. The zero-order chi connectivity index (χ0) is 29.7. The van der Waals surface area contributed by atoms with E-state index in [-0.39, 0.29) is 16.8 Å². The van der Waals surface area contributed by atoms with E-state index in [0.717, 1.165) is 0 Å². The Morgan fingerprint density at radius 1 is 0.857 bits per heavy atom. The molecule has 1 amide bonds. The molecule has 218 valence electrons. The fraction of sp³-hybridized carbons (Fsp3) is 0.219. The van der Waals surface area contributed by atoms with E-state index in [0.29, 0.717) is 47.1 Å². The van der Waals surface area contributed by atoms with E-state index in [2.05, 4.69) is 50.4 Å². The van der Waals surface area contributed by atoms with E-state index in [4.69, 9.17) is 16.3 Å². The van der Waals surface area contributed by atoms with Crippen molar-refractivity contribution >= 4 is 49.1 Å². The van der Waals surface area contributed by atoms with Crippen LogP contribution in [0.15, 0.2) is 112 Å². The molecule has 1 saturated heterocycles. The van der Waals surface area contributed by atoms with Crippen LogP contribution in [0.2, 0.25) is 5.02 Å². The van der Waals surface area contributed by atoms with Gasteiger partial charge in [-0.2, -0.15) is 4.31 Å². The van der Waals surface area contributed by atoms with Gasteiger partial charge in [-0.3, -0.25) is 9.69 Å². The first-order chi connectivity index (χ1) is 20.2. The standard InChI is InChI=1S/C32H31BrClN3O4S/c1-23(41-30-17-12-26(34)22-29(30)33)32(38)35-27-13-15-28(16-14-27)42(39,40)37-20-18-36(19-21-37)31(24-8-4-2-5-9-24)25-10-6-3-7-11-25/h2-17,22-23,31H,18-21H2,1H3,(H,35,38). The predicted octanol–water partition coefficient (Wildman–Crippen LogP) is 6.60. The molecule has 42 heavy (non-hydrogen) atoms. The van der Waals surface area contributed by atoms with Crippen LogP contribution in [-0.4, -0.2) is 55.8 Å². The van der Waals surface area contributed by atoms with Crippen LogP contribution in [0.5, 0.6) is 5.75 Å². The second-order valence-corrected chi connectivity index (χ2v) is 13.2. The summed E-state index contributed by atoms with van der Waals surface area (Å²) in [7, 11) is -3.70. The molecular weight excluding hydrogens is 638 g/mol. The van der Waals surface area contributed by atoms with E-state index in [1.807, 2.05) is 36.4 Å². The minimum absolute atomic E-state index is 0.0484. The SMILES string of the molecule is CC(Oc1ccc(Cl)cc1Br)C(=O)Nc1ccc(S(=O)(=O)N2CCN(C(c3ccccc3)c3ccccc3)CC2)cc1. The van der Waals surface area contributed by atoms with E-state index in [1.165, 1.54) is 27.6 Å². The van der Waals surface area contributed by atoms with Crippen LogP contribution in [-0.2, 0) is 14.8 Å². The summed E-state index contributed by atoms with van der Waals surface area (Å²) in [5.41, 5.74) is 2.83. The summed E-state index contributed by atoms with van der Waals surface area (Å²) in [4.78, 5) is 15.2. The maximum Gasteiger partial charge on any atom is 0.265 e. The van der Waals surface area contributed by atoms with E-state index in [9.17, 15) is 13.2 Å². The zero-order valence-corrected chi connectivity index (χ0v) is 26.1. The maximum absolute atomic E-state index is 13.5. The summed E-state index contributed by atoms with van der Waals surface area (Å²) in [6.45, 7) is 3.60. The molecule has 0 aromatic heterocycles. The van der Waals surface area contributed by atoms with Crippen molar-refractivity contribution in [3.05, 3.63) is 124 Å². The molecular formula is C32H31BrClN3O4S. The van der Waals surface area contributed by atoms with Gasteiger partial charge in [-0.15, -0.1) is 0 Å². The molecule has 0 radical (unpaired) electrons. The highest BCUT2D eigenvalue weighted by Gasteiger charge is 2.32. The van der Waals surface area contributed by atoms with Gasteiger partial charge in [0.15, 0.2) is 6.10 Å². The average Bonchev–Trinajstić information content (AvgIpc) is 3.00. The van der Waals surface area contributed by atoms with Crippen molar-refractivity contribution in [1.29, 1.82) is 0 Å². The van der Waals surface area contributed by atoms with Crippen LogP contribution in [0.1, 0.15) is 24.1 Å². The Labute approximate surface area is 260 Å². The highest BCUT2D eigenvalue weighted by molar-refractivity contribution is 9.10. The molecule has 5 rings (SSSR count). The summed E-state index contributed by atoms with van der Waals surface area (Å²) in [5.74, 6) is 0.123. The molecule has 1 N–H and O–H groups in total. The second-order valence-electron chi connectivity index (χ2n) is 10.0. The first kappa shape index (κ1) is 30.3. The lowest BCUT2D eigenvalue weighted by atomic mass is 9.96. The number of rotatable bonds is 9. The number of amides is 1. The Morgan fingerprint density at radius 3 is 1.98 bits per heavy atom. The van der Waals surface area contributed by atoms with Gasteiger partial charge in [0.05, 0.1) is 15.4 Å². The Kier molecular flexibility index (Phi) is 9.65. The minimum Gasteiger partial charge on any atom is -0.480 e. The molecule has 0 aliphatic carbocycles. The number of carbonyl (C=O) groups excluding carboxylic acids is 1. The lowest BCUT2D eigenvalue weighted by molar-refractivity contribution is -0.122. The number of nitrogens with one attached hydrogen (secondary N) is 1. The number of ether oxygens (including phenoxy) is 1. The summed E-state index contributed by atoms with van der Waals surface area (Å²) >= 11 is 9.35. The Hall–Kier alpha value is -3.21. The summed E-state index contributed by atoms with van der Waals surface area (Å²) in [5, 5.41) is 3.33. The number of benzene rings is 4. The van der Waals surface area contributed by atoms with Crippen molar-refractivity contribution in [3.63, 3.8) is 0 Å². The van der Waals surface area contributed by atoms with Gasteiger partial charge in [0.25, 0.3) is 5.91 Å².